The molecular weight excluding hydrogens is 204 g/mol. The maximum atomic E-state index is 11.3. The maximum Gasteiger partial charge on any atom is 0.223 e. The normalized spacial score (nSPS) is 23.1. The summed E-state index contributed by atoms with van der Waals surface area (Å²) in [6.07, 6.45) is 1.63. The molecule has 1 saturated heterocycles. The Hall–Kier alpha value is -0.620. The minimum absolute atomic E-state index is 0.0177. The Morgan fingerprint density at radius 3 is 2.64 bits per heavy atom. The second-order valence-corrected chi connectivity index (χ2v) is 6.04. The van der Waals surface area contributed by atoms with Crippen LogP contribution in [-0.4, -0.2) is 50.9 Å². The molecule has 1 heterocycles. The van der Waals surface area contributed by atoms with Gasteiger partial charge >= 0.3 is 0 Å². The van der Waals surface area contributed by atoms with E-state index in [4.69, 9.17) is 5.73 Å². The Morgan fingerprint density at radius 2 is 2.21 bits per heavy atom. The van der Waals surface area contributed by atoms with Crippen LogP contribution in [0.2, 0.25) is 0 Å². The molecule has 1 atom stereocenters. The van der Waals surface area contributed by atoms with Crippen LogP contribution < -0.4 is 5.73 Å². The van der Waals surface area contributed by atoms with Gasteiger partial charge in [0.2, 0.25) is 5.91 Å². The molecule has 0 aromatic carbocycles. The van der Waals surface area contributed by atoms with Gasteiger partial charge < -0.3 is 10.6 Å². The number of likely N-dealkylation sites (tertiary alicyclic amines) is 1. The second kappa shape index (κ2) is 4.27. The zero-order valence-corrected chi connectivity index (χ0v) is 9.09. The Labute approximate surface area is 84.2 Å². The highest BCUT2D eigenvalue weighted by molar-refractivity contribution is 7.90. The predicted molar refractivity (Wildman–Crippen MR) is 53.5 cm³/mol. The number of carbonyl (C=O) groups excluding carboxylic acids is 1. The van der Waals surface area contributed by atoms with Crippen molar-refractivity contribution in [2.75, 3.05) is 31.6 Å². The van der Waals surface area contributed by atoms with Gasteiger partial charge in [0.15, 0.2) is 0 Å². The summed E-state index contributed by atoms with van der Waals surface area (Å²) in [5.41, 5.74) is 5.44. The van der Waals surface area contributed by atoms with Crippen LogP contribution in [-0.2, 0) is 14.6 Å². The van der Waals surface area contributed by atoms with Crippen LogP contribution in [0.1, 0.15) is 6.42 Å². The van der Waals surface area contributed by atoms with Crippen LogP contribution in [0.5, 0.6) is 0 Å². The van der Waals surface area contributed by atoms with Gasteiger partial charge in [-0.1, -0.05) is 0 Å². The Balaban J connectivity index is 2.43. The topological polar surface area (TPSA) is 80.5 Å². The number of sulfone groups is 1. The van der Waals surface area contributed by atoms with E-state index in [0.717, 1.165) is 0 Å². The van der Waals surface area contributed by atoms with Crippen molar-refractivity contribution >= 4 is 15.7 Å². The molecule has 0 spiro atoms. The first-order valence-corrected chi connectivity index (χ1v) is 6.64. The Kier molecular flexibility index (Phi) is 3.49. The zero-order valence-electron chi connectivity index (χ0n) is 8.27. The lowest BCUT2D eigenvalue weighted by molar-refractivity contribution is -0.127. The van der Waals surface area contributed by atoms with Gasteiger partial charge in [0.1, 0.15) is 9.84 Å². The fourth-order valence-corrected chi connectivity index (χ4v) is 2.06. The largest absolute Gasteiger partial charge is 0.341 e. The smallest absolute Gasteiger partial charge is 0.223 e. The predicted octanol–water partition coefficient (Wildman–Crippen LogP) is -1.16. The molecule has 1 fully saturated rings. The summed E-state index contributed by atoms with van der Waals surface area (Å²) in [6, 6.07) is 0. The molecule has 0 saturated carbocycles. The minimum Gasteiger partial charge on any atom is -0.341 e. The molecule has 82 valence electrons. The van der Waals surface area contributed by atoms with Gasteiger partial charge in [-0.3, -0.25) is 4.79 Å². The number of amides is 1. The lowest BCUT2D eigenvalue weighted by Gasteiger charge is -2.15. The summed E-state index contributed by atoms with van der Waals surface area (Å²) in [5.74, 6) is 0.252. The van der Waals surface area contributed by atoms with Crippen molar-refractivity contribution in [3.8, 4) is 0 Å². The first-order chi connectivity index (χ1) is 6.42. The summed E-state index contributed by atoms with van der Waals surface area (Å²) >= 11 is 0. The number of nitrogens with two attached hydrogens (primary N) is 1. The quantitative estimate of drug-likeness (QED) is 0.648. The van der Waals surface area contributed by atoms with Gasteiger partial charge in [-0.05, 0) is 12.5 Å². The molecule has 0 aromatic heterocycles. The van der Waals surface area contributed by atoms with E-state index >= 15 is 0 Å². The van der Waals surface area contributed by atoms with Crippen molar-refractivity contribution in [1.82, 2.24) is 4.90 Å². The number of hydrogen-bond donors (Lipinski definition) is 1. The van der Waals surface area contributed by atoms with E-state index in [1.165, 1.54) is 6.26 Å². The number of nitrogens with zero attached hydrogens (tertiary/aromatic N) is 1. The third-order valence-electron chi connectivity index (χ3n) is 2.36. The van der Waals surface area contributed by atoms with E-state index in [2.05, 4.69) is 0 Å². The second-order valence-electron chi connectivity index (χ2n) is 3.78. The van der Waals surface area contributed by atoms with Crippen LogP contribution in [0, 0.1) is 5.92 Å². The molecule has 14 heavy (non-hydrogen) atoms. The molecule has 0 radical (unpaired) electrons. The van der Waals surface area contributed by atoms with Gasteiger partial charge in [0.25, 0.3) is 0 Å². The molecule has 2 N–H and O–H groups in total. The molecule has 1 aliphatic rings. The Morgan fingerprint density at radius 1 is 1.57 bits per heavy atom. The number of hydrogen-bond acceptors (Lipinski definition) is 4. The van der Waals surface area contributed by atoms with Crippen molar-refractivity contribution in [2.24, 2.45) is 11.7 Å². The van der Waals surface area contributed by atoms with Crippen molar-refractivity contribution in [1.29, 1.82) is 0 Å². The monoisotopic (exact) mass is 220 g/mol. The molecule has 1 rings (SSSR count). The summed E-state index contributed by atoms with van der Waals surface area (Å²) in [4.78, 5) is 12.9. The first kappa shape index (κ1) is 11.5. The molecule has 1 unspecified atom stereocenters. The van der Waals surface area contributed by atoms with E-state index in [1.54, 1.807) is 4.90 Å². The van der Waals surface area contributed by atoms with Crippen molar-refractivity contribution < 1.29 is 13.2 Å². The number of carbonyl (C=O) groups is 1. The summed E-state index contributed by atoms with van der Waals surface area (Å²) < 4.78 is 21.8. The summed E-state index contributed by atoms with van der Waals surface area (Å²) in [5, 5.41) is 0. The van der Waals surface area contributed by atoms with Gasteiger partial charge in [0.05, 0.1) is 5.75 Å². The SMILES string of the molecule is CS(=O)(=O)CCN1CC(CN)CC1=O. The number of rotatable bonds is 4. The van der Waals surface area contributed by atoms with E-state index in [9.17, 15) is 13.2 Å². The fraction of sp³-hybridized carbons (Fsp3) is 0.875. The molecule has 6 heteroatoms. The van der Waals surface area contributed by atoms with Gasteiger partial charge in [-0.25, -0.2) is 8.42 Å². The Bertz CT molecular complexity index is 313. The first-order valence-electron chi connectivity index (χ1n) is 4.58. The fourth-order valence-electron chi connectivity index (χ4n) is 1.50. The van der Waals surface area contributed by atoms with Crippen LogP contribution in [0.4, 0.5) is 0 Å². The highest BCUT2D eigenvalue weighted by Gasteiger charge is 2.28. The molecular formula is C8H16N2O3S. The highest BCUT2D eigenvalue weighted by Crippen LogP contribution is 2.15. The third kappa shape index (κ3) is 3.26. The molecule has 1 amide bonds. The van der Waals surface area contributed by atoms with E-state index in [0.29, 0.717) is 26.1 Å². The minimum atomic E-state index is -2.98. The average Bonchev–Trinajstić information content (AvgIpc) is 2.42. The van der Waals surface area contributed by atoms with Gasteiger partial charge in [0, 0.05) is 25.8 Å². The standard InChI is InChI=1S/C8H16N2O3S/c1-14(12,13)3-2-10-6-7(5-9)4-8(10)11/h7H,2-6,9H2,1H3. The highest BCUT2D eigenvalue weighted by atomic mass is 32.2. The van der Waals surface area contributed by atoms with Crippen molar-refractivity contribution in [2.45, 2.75) is 6.42 Å². The van der Waals surface area contributed by atoms with Crippen molar-refractivity contribution in [3.63, 3.8) is 0 Å². The lowest BCUT2D eigenvalue weighted by Crippen LogP contribution is -2.31. The summed E-state index contributed by atoms with van der Waals surface area (Å²) in [7, 11) is -2.98. The van der Waals surface area contributed by atoms with E-state index in [-0.39, 0.29) is 17.6 Å². The lowest BCUT2D eigenvalue weighted by atomic mass is 10.1. The van der Waals surface area contributed by atoms with Crippen LogP contribution in [0.15, 0.2) is 0 Å². The summed E-state index contributed by atoms with van der Waals surface area (Å²) in [6.45, 7) is 1.39. The molecule has 0 aliphatic carbocycles. The van der Waals surface area contributed by atoms with Crippen LogP contribution in [0.25, 0.3) is 0 Å². The third-order valence-corrected chi connectivity index (χ3v) is 3.28. The van der Waals surface area contributed by atoms with Gasteiger partial charge in [-0.15, -0.1) is 0 Å². The van der Waals surface area contributed by atoms with Crippen LogP contribution >= 0.6 is 0 Å². The van der Waals surface area contributed by atoms with E-state index < -0.39 is 9.84 Å². The maximum absolute atomic E-state index is 11.3. The van der Waals surface area contributed by atoms with Crippen LogP contribution in [0.3, 0.4) is 0 Å². The van der Waals surface area contributed by atoms with Gasteiger partial charge in [-0.2, -0.15) is 0 Å². The molecule has 5 nitrogen and oxygen atoms in total. The van der Waals surface area contributed by atoms with E-state index in [1.807, 2.05) is 0 Å². The average molecular weight is 220 g/mol. The molecule has 0 aromatic rings. The zero-order chi connectivity index (χ0) is 10.8. The molecule has 0 bridgehead atoms. The van der Waals surface area contributed by atoms with Crippen molar-refractivity contribution in [3.05, 3.63) is 0 Å². The molecule has 1 aliphatic heterocycles.